The molecule has 0 aliphatic heterocycles. The Hall–Kier alpha value is -3.36. The topological polar surface area (TPSA) is 87.7 Å². The molecule has 1 heterocycles. The van der Waals surface area contributed by atoms with Gasteiger partial charge in [-0.25, -0.2) is 18.0 Å². The van der Waals surface area contributed by atoms with Crippen LogP contribution in [0.2, 0.25) is 0 Å². The summed E-state index contributed by atoms with van der Waals surface area (Å²) >= 11 is 0. The molecule has 1 aromatic heterocycles. The summed E-state index contributed by atoms with van der Waals surface area (Å²) in [6.45, 7) is 3.32. The van der Waals surface area contributed by atoms with E-state index in [9.17, 15) is 23.2 Å². The van der Waals surface area contributed by atoms with Crippen LogP contribution in [0.5, 0.6) is 0 Å². The van der Waals surface area contributed by atoms with Gasteiger partial charge in [0.25, 0.3) is 0 Å². The van der Waals surface area contributed by atoms with Gasteiger partial charge in [-0.05, 0) is 62.1 Å². The SMILES string of the molecule is Cc1c(C2(CC(CNc3ccc4c(=O)onc(C)c4c3)=NO)CCC2)cc(F)c(F)c1F. The third-order valence-electron chi connectivity index (χ3n) is 6.36. The van der Waals surface area contributed by atoms with E-state index in [1.54, 1.807) is 25.1 Å². The molecule has 2 N–H and O–H groups in total. The van der Waals surface area contributed by atoms with Gasteiger partial charge in [-0.2, -0.15) is 0 Å². The van der Waals surface area contributed by atoms with E-state index < -0.39 is 28.5 Å². The Morgan fingerprint density at radius 3 is 2.59 bits per heavy atom. The van der Waals surface area contributed by atoms with Crippen LogP contribution in [0.4, 0.5) is 18.9 Å². The van der Waals surface area contributed by atoms with Crippen molar-refractivity contribution in [3.63, 3.8) is 0 Å². The normalized spacial score (nSPS) is 15.6. The van der Waals surface area contributed by atoms with E-state index in [2.05, 4.69) is 15.6 Å². The second kappa shape index (κ2) is 8.29. The van der Waals surface area contributed by atoms with Gasteiger partial charge < -0.3 is 15.0 Å². The summed E-state index contributed by atoms with van der Waals surface area (Å²) in [5.41, 5.74) is 0.944. The summed E-state index contributed by atoms with van der Waals surface area (Å²) in [4.78, 5) is 11.8. The summed E-state index contributed by atoms with van der Waals surface area (Å²) in [5, 5.41) is 20.9. The molecule has 0 unspecified atom stereocenters. The molecule has 0 spiro atoms. The Balaban J connectivity index is 1.56. The van der Waals surface area contributed by atoms with Crippen LogP contribution in [0, 0.1) is 31.3 Å². The number of hydrogen-bond acceptors (Lipinski definition) is 6. The summed E-state index contributed by atoms with van der Waals surface area (Å²) in [6, 6.07) is 6.12. The summed E-state index contributed by atoms with van der Waals surface area (Å²) in [7, 11) is 0. The van der Waals surface area contributed by atoms with Gasteiger partial charge in [-0.1, -0.05) is 16.7 Å². The van der Waals surface area contributed by atoms with Gasteiger partial charge in [0.2, 0.25) is 0 Å². The molecule has 1 fully saturated rings. The summed E-state index contributed by atoms with van der Waals surface area (Å²) < 4.78 is 46.5. The van der Waals surface area contributed by atoms with Crippen molar-refractivity contribution in [3.05, 3.63) is 69.0 Å². The molecule has 1 aliphatic rings. The molecule has 1 saturated carbocycles. The fourth-order valence-corrected chi connectivity index (χ4v) is 4.45. The minimum absolute atomic E-state index is 0.0742. The number of aryl methyl sites for hydroxylation is 1. The number of aromatic nitrogens is 1. The zero-order valence-electron chi connectivity index (χ0n) is 17.6. The van der Waals surface area contributed by atoms with Crippen LogP contribution in [0.1, 0.15) is 42.5 Å². The van der Waals surface area contributed by atoms with Gasteiger partial charge in [0.05, 0.1) is 23.3 Å². The maximum Gasteiger partial charge on any atom is 0.366 e. The molecule has 3 aromatic rings. The van der Waals surface area contributed by atoms with Crippen molar-refractivity contribution in [1.29, 1.82) is 0 Å². The number of benzene rings is 2. The highest BCUT2D eigenvalue weighted by Crippen LogP contribution is 2.48. The third-order valence-corrected chi connectivity index (χ3v) is 6.36. The van der Waals surface area contributed by atoms with Crippen LogP contribution < -0.4 is 10.9 Å². The van der Waals surface area contributed by atoms with E-state index in [4.69, 9.17) is 4.52 Å². The number of anilines is 1. The van der Waals surface area contributed by atoms with Crippen molar-refractivity contribution in [3.8, 4) is 0 Å². The first-order valence-electron chi connectivity index (χ1n) is 10.2. The quantitative estimate of drug-likeness (QED) is 0.242. The summed E-state index contributed by atoms with van der Waals surface area (Å²) in [5.74, 6) is -3.88. The van der Waals surface area contributed by atoms with Gasteiger partial charge in [-0.15, -0.1) is 0 Å². The lowest BCUT2D eigenvalue weighted by Gasteiger charge is -2.43. The molecule has 0 radical (unpaired) electrons. The third kappa shape index (κ3) is 3.72. The van der Waals surface area contributed by atoms with Crippen molar-refractivity contribution in [2.75, 3.05) is 11.9 Å². The highest BCUT2D eigenvalue weighted by Gasteiger charge is 2.42. The first-order valence-corrected chi connectivity index (χ1v) is 10.2. The first kappa shape index (κ1) is 21.9. The Morgan fingerprint density at radius 1 is 1.19 bits per heavy atom. The zero-order chi connectivity index (χ0) is 23.0. The molecular formula is C23H22F3N3O3. The van der Waals surface area contributed by atoms with Gasteiger partial charge >= 0.3 is 5.63 Å². The van der Waals surface area contributed by atoms with E-state index in [0.717, 1.165) is 12.5 Å². The van der Waals surface area contributed by atoms with Gasteiger partial charge in [0.15, 0.2) is 17.5 Å². The number of hydrogen-bond donors (Lipinski definition) is 2. The molecule has 4 rings (SSSR count). The Morgan fingerprint density at radius 2 is 1.94 bits per heavy atom. The average Bonchev–Trinajstić information content (AvgIpc) is 2.77. The lowest BCUT2D eigenvalue weighted by molar-refractivity contribution is 0.243. The Kier molecular flexibility index (Phi) is 5.66. The molecule has 0 bridgehead atoms. The second-order valence-corrected chi connectivity index (χ2v) is 8.31. The van der Waals surface area contributed by atoms with Crippen molar-refractivity contribution >= 4 is 22.2 Å². The van der Waals surface area contributed by atoms with Gasteiger partial charge in [-0.3, -0.25) is 0 Å². The number of halogens is 3. The number of nitrogens with one attached hydrogen (secondary N) is 1. The molecule has 0 atom stereocenters. The zero-order valence-corrected chi connectivity index (χ0v) is 17.6. The first-order chi connectivity index (χ1) is 15.3. The van der Waals surface area contributed by atoms with Gasteiger partial charge in [0, 0.05) is 22.9 Å². The predicted octanol–water partition coefficient (Wildman–Crippen LogP) is 4.98. The minimum atomic E-state index is -1.48. The molecular weight excluding hydrogens is 423 g/mol. The monoisotopic (exact) mass is 445 g/mol. The van der Waals surface area contributed by atoms with Crippen LogP contribution in [0.15, 0.2) is 38.7 Å². The van der Waals surface area contributed by atoms with E-state index in [0.29, 0.717) is 46.3 Å². The number of rotatable bonds is 6. The van der Waals surface area contributed by atoms with Crippen molar-refractivity contribution in [2.24, 2.45) is 5.16 Å². The van der Waals surface area contributed by atoms with Crippen LogP contribution in [0.25, 0.3) is 10.8 Å². The van der Waals surface area contributed by atoms with Crippen molar-refractivity contribution in [1.82, 2.24) is 5.16 Å². The highest BCUT2D eigenvalue weighted by atomic mass is 19.2. The molecule has 0 amide bonds. The van der Waals surface area contributed by atoms with Crippen LogP contribution in [-0.4, -0.2) is 22.6 Å². The molecule has 9 heteroatoms. The predicted molar refractivity (Wildman–Crippen MR) is 114 cm³/mol. The fourth-order valence-electron chi connectivity index (χ4n) is 4.45. The Bertz CT molecular complexity index is 1280. The number of fused-ring (bicyclic) bond motifs is 1. The highest BCUT2D eigenvalue weighted by molar-refractivity contribution is 5.91. The molecule has 168 valence electrons. The van der Waals surface area contributed by atoms with E-state index in [1.165, 1.54) is 6.92 Å². The lowest BCUT2D eigenvalue weighted by Crippen LogP contribution is -2.39. The van der Waals surface area contributed by atoms with E-state index in [1.807, 2.05) is 0 Å². The molecule has 0 saturated heterocycles. The smallest absolute Gasteiger partial charge is 0.366 e. The fraction of sp³-hybridized carbons (Fsp3) is 0.348. The van der Waals surface area contributed by atoms with Crippen molar-refractivity contribution in [2.45, 2.75) is 44.9 Å². The minimum Gasteiger partial charge on any atom is -0.411 e. The standard InChI is InChI=1S/C23H22F3N3O3/c1-12-18(9-19(24)21(26)20(12)25)23(6-3-7-23)10-15(28-31)11-27-14-4-5-16-17(8-14)13(2)29-32-22(16)30/h4-5,8-9,27,31H,3,6-7,10-11H2,1-2H3. The van der Waals surface area contributed by atoms with Crippen LogP contribution in [0.3, 0.4) is 0 Å². The maximum absolute atomic E-state index is 14.2. The maximum atomic E-state index is 14.2. The summed E-state index contributed by atoms with van der Waals surface area (Å²) in [6.07, 6.45) is 2.41. The lowest BCUT2D eigenvalue weighted by atomic mass is 9.60. The van der Waals surface area contributed by atoms with Crippen LogP contribution in [-0.2, 0) is 5.41 Å². The van der Waals surface area contributed by atoms with Gasteiger partial charge in [0.1, 0.15) is 0 Å². The second-order valence-electron chi connectivity index (χ2n) is 8.31. The van der Waals surface area contributed by atoms with E-state index >= 15 is 0 Å². The molecule has 32 heavy (non-hydrogen) atoms. The molecule has 2 aromatic carbocycles. The van der Waals surface area contributed by atoms with Crippen LogP contribution >= 0.6 is 0 Å². The number of nitrogens with zero attached hydrogens (tertiary/aromatic N) is 2. The molecule has 1 aliphatic carbocycles. The average molecular weight is 445 g/mol. The largest absolute Gasteiger partial charge is 0.411 e. The Labute approximate surface area is 181 Å². The number of oxime groups is 1. The molecule has 6 nitrogen and oxygen atoms in total. The van der Waals surface area contributed by atoms with E-state index in [-0.39, 0.29) is 18.5 Å². The van der Waals surface area contributed by atoms with Crippen molar-refractivity contribution < 1.29 is 22.9 Å².